The van der Waals surface area contributed by atoms with Crippen molar-refractivity contribution in [2.24, 2.45) is 0 Å². The topological polar surface area (TPSA) is 6.48 Å². The van der Waals surface area contributed by atoms with E-state index in [1.165, 1.54) is 104 Å². The Bertz CT molecular complexity index is 2290. The minimum atomic E-state index is 0.0248. The largest absolute Gasteiger partial charge is 0.335 e. The summed E-state index contributed by atoms with van der Waals surface area (Å²) in [4.78, 5) is 5.39. The van der Waals surface area contributed by atoms with Gasteiger partial charge >= 0.3 is 0 Å². The normalized spacial score (nSPS) is 21.2. The van der Waals surface area contributed by atoms with Gasteiger partial charge in [0, 0.05) is 33.9 Å². The molecule has 2 nitrogen and oxygen atoms in total. The SMILES string of the molecule is Cc1cc2c3c(c1)N1c4c(cc(C)cc4C4(C)CCCCC14C)B3c1cc(-c3ccccc3)ccc1N2c1ccc(-c2ccccc2)cc1. The first-order valence-electron chi connectivity index (χ1n) is 18.1. The Morgan fingerprint density at radius 3 is 1.90 bits per heavy atom. The zero-order valence-corrected chi connectivity index (χ0v) is 28.9. The molecule has 3 aliphatic heterocycles. The Labute approximate surface area is 291 Å². The third-order valence-electron chi connectivity index (χ3n) is 12.7. The molecule has 0 aromatic heterocycles. The summed E-state index contributed by atoms with van der Waals surface area (Å²) in [5.41, 5.74) is 20.4. The summed E-state index contributed by atoms with van der Waals surface area (Å²) in [6.45, 7) is 9.92. The van der Waals surface area contributed by atoms with Crippen molar-refractivity contribution >= 4 is 51.5 Å². The van der Waals surface area contributed by atoms with Crippen molar-refractivity contribution in [3.05, 3.63) is 144 Å². The molecule has 6 aromatic rings. The van der Waals surface area contributed by atoms with Crippen LogP contribution in [-0.4, -0.2) is 12.3 Å². The van der Waals surface area contributed by atoms with E-state index in [0.29, 0.717) is 0 Å². The van der Waals surface area contributed by atoms with E-state index < -0.39 is 0 Å². The molecule has 0 spiro atoms. The van der Waals surface area contributed by atoms with Gasteiger partial charge in [-0.3, -0.25) is 0 Å². The van der Waals surface area contributed by atoms with E-state index in [1.54, 1.807) is 5.56 Å². The highest BCUT2D eigenvalue weighted by atomic mass is 15.3. The number of hydrogen-bond acceptors (Lipinski definition) is 2. The molecule has 0 amide bonds. The lowest BCUT2D eigenvalue weighted by molar-refractivity contribution is 0.195. The standard InChI is InChI=1S/C46H41BN2/c1-30-25-37-44-39(26-30)47-38-29-35(33-15-9-6-10-16-33)19-22-40(38)48(36-20-17-34(18-21-36)32-13-7-5-8-14-32)41-27-31(2)28-42(43(41)47)49(44)46(4)24-12-11-23-45(37,46)3/h5-10,13-22,25-29H,11-12,23-24H2,1-4H3. The third-order valence-corrected chi connectivity index (χ3v) is 12.7. The van der Waals surface area contributed by atoms with Gasteiger partial charge in [0.2, 0.25) is 0 Å². The molecule has 0 saturated heterocycles. The summed E-state index contributed by atoms with van der Waals surface area (Å²) < 4.78 is 0. The van der Waals surface area contributed by atoms with Crippen LogP contribution >= 0.6 is 0 Å². The molecule has 0 bridgehead atoms. The van der Waals surface area contributed by atoms with E-state index in [1.807, 2.05) is 0 Å². The molecule has 1 fully saturated rings. The fourth-order valence-corrected chi connectivity index (χ4v) is 10.2. The van der Waals surface area contributed by atoms with Crippen LogP contribution in [-0.2, 0) is 5.41 Å². The van der Waals surface area contributed by atoms with Gasteiger partial charge in [-0.15, -0.1) is 0 Å². The maximum absolute atomic E-state index is 2.83. The molecule has 2 unspecified atom stereocenters. The van der Waals surface area contributed by atoms with E-state index in [9.17, 15) is 0 Å². The smallest absolute Gasteiger partial charge is 0.252 e. The van der Waals surface area contributed by atoms with Gasteiger partial charge in [0.25, 0.3) is 6.71 Å². The van der Waals surface area contributed by atoms with Gasteiger partial charge in [-0.1, -0.05) is 122 Å². The van der Waals surface area contributed by atoms with Crippen LogP contribution in [0.25, 0.3) is 22.3 Å². The summed E-state index contributed by atoms with van der Waals surface area (Å²) in [6.07, 6.45) is 5.03. The number of rotatable bonds is 3. The predicted octanol–water partition coefficient (Wildman–Crippen LogP) is 9.99. The van der Waals surface area contributed by atoms with Crippen LogP contribution < -0.4 is 26.2 Å². The van der Waals surface area contributed by atoms with Gasteiger partial charge in [-0.05, 0) is 114 Å². The van der Waals surface area contributed by atoms with Crippen molar-refractivity contribution < 1.29 is 0 Å². The zero-order valence-electron chi connectivity index (χ0n) is 28.9. The summed E-state index contributed by atoms with van der Waals surface area (Å²) in [5.74, 6) is 0. The molecule has 3 heteroatoms. The quantitative estimate of drug-likeness (QED) is 0.179. The minimum Gasteiger partial charge on any atom is -0.335 e. The maximum Gasteiger partial charge on any atom is 0.252 e. The summed E-state index contributed by atoms with van der Waals surface area (Å²) in [5, 5.41) is 0. The summed E-state index contributed by atoms with van der Waals surface area (Å²) in [6, 6.07) is 48.1. The highest BCUT2D eigenvalue weighted by Crippen LogP contribution is 2.62. The highest BCUT2D eigenvalue weighted by Gasteiger charge is 2.61. The zero-order chi connectivity index (χ0) is 33.1. The van der Waals surface area contributed by atoms with Crippen molar-refractivity contribution in [1.29, 1.82) is 0 Å². The molecule has 1 saturated carbocycles. The molecule has 1 aliphatic carbocycles. The molecule has 0 N–H and O–H groups in total. The van der Waals surface area contributed by atoms with Crippen molar-refractivity contribution in [2.45, 2.75) is 64.3 Å². The van der Waals surface area contributed by atoms with Crippen LogP contribution in [0.2, 0.25) is 0 Å². The number of anilines is 5. The molecule has 6 aromatic carbocycles. The molecular formula is C46H41BN2. The summed E-state index contributed by atoms with van der Waals surface area (Å²) >= 11 is 0. The highest BCUT2D eigenvalue weighted by molar-refractivity contribution is 7.00. The van der Waals surface area contributed by atoms with Crippen molar-refractivity contribution in [1.82, 2.24) is 0 Å². The van der Waals surface area contributed by atoms with E-state index in [4.69, 9.17) is 0 Å². The average Bonchev–Trinajstić information content (AvgIpc) is 3.34. The lowest BCUT2D eigenvalue weighted by Gasteiger charge is -2.52. The molecule has 2 atom stereocenters. The van der Waals surface area contributed by atoms with Crippen molar-refractivity contribution in [3.8, 4) is 22.3 Å². The molecular weight excluding hydrogens is 591 g/mol. The van der Waals surface area contributed by atoms with Crippen molar-refractivity contribution in [2.75, 3.05) is 9.80 Å². The van der Waals surface area contributed by atoms with Gasteiger partial charge in [-0.25, -0.2) is 0 Å². The average molecular weight is 633 g/mol. The monoisotopic (exact) mass is 632 g/mol. The lowest BCUT2D eigenvalue weighted by Crippen LogP contribution is -2.64. The van der Waals surface area contributed by atoms with Crippen LogP contribution in [0.4, 0.5) is 28.4 Å². The molecule has 238 valence electrons. The Balaban J connectivity index is 1.27. The molecule has 0 radical (unpaired) electrons. The predicted molar refractivity (Wildman–Crippen MR) is 209 cm³/mol. The third kappa shape index (κ3) is 3.90. The van der Waals surface area contributed by atoms with Crippen LogP contribution in [0.5, 0.6) is 0 Å². The molecule has 49 heavy (non-hydrogen) atoms. The molecule has 3 heterocycles. The van der Waals surface area contributed by atoms with Gasteiger partial charge in [0.1, 0.15) is 0 Å². The second-order valence-electron chi connectivity index (χ2n) is 15.4. The number of hydrogen-bond donors (Lipinski definition) is 0. The van der Waals surface area contributed by atoms with E-state index in [-0.39, 0.29) is 17.7 Å². The fraction of sp³-hybridized carbons (Fsp3) is 0.217. The van der Waals surface area contributed by atoms with E-state index in [0.717, 1.165) is 0 Å². The number of fused-ring (bicyclic) bond motifs is 7. The van der Waals surface area contributed by atoms with Gasteiger partial charge in [0.15, 0.2) is 0 Å². The Kier molecular flexibility index (Phi) is 6.05. The van der Waals surface area contributed by atoms with Crippen molar-refractivity contribution in [3.63, 3.8) is 0 Å². The number of benzene rings is 6. The van der Waals surface area contributed by atoms with Crippen LogP contribution in [0.3, 0.4) is 0 Å². The Hall–Kier alpha value is -5.02. The fourth-order valence-electron chi connectivity index (χ4n) is 10.2. The second kappa shape index (κ2) is 10.2. The minimum absolute atomic E-state index is 0.0248. The van der Waals surface area contributed by atoms with Crippen LogP contribution in [0.15, 0.2) is 127 Å². The first-order chi connectivity index (χ1) is 23.9. The molecule has 4 aliphatic rings. The first-order valence-corrected chi connectivity index (χ1v) is 18.1. The van der Waals surface area contributed by atoms with Gasteiger partial charge in [-0.2, -0.15) is 0 Å². The Morgan fingerprint density at radius 2 is 1.16 bits per heavy atom. The number of aryl methyl sites for hydroxylation is 2. The van der Waals surface area contributed by atoms with Crippen LogP contribution in [0.1, 0.15) is 56.2 Å². The molecule has 10 rings (SSSR count). The lowest BCUT2D eigenvalue weighted by atomic mass is 9.33. The van der Waals surface area contributed by atoms with Gasteiger partial charge in [0.05, 0.1) is 5.54 Å². The Morgan fingerprint density at radius 1 is 0.551 bits per heavy atom. The maximum atomic E-state index is 2.83. The van der Waals surface area contributed by atoms with E-state index in [2.05, 4.69) is 165 Å². The first kappa shape index (κ1) is 28.9. The van der Waals surface area contributed by atoms with Gasteiger partial charge < -0.3 is 9.80 Å². The van der Waals surface area contributed by atoms with Crippen LogP contribution in [0, 0.1) is 13.8 Å². The van der Waals surface area contributed by atoms with E-state index >= 15 is 0 Å². The summed E-state index contributed by atoms with van der Waals surface area (Å²) in [7, 11) is 0. The number of nitrogens with zero attached hydrogens (tertiary/aromatic N) is 2. The second-order valence-corrected chi connectivity index (χ2v) is 15.4.